The van der Waals surface area contributed by atoms with Crippen molar-refractivity contribution < 1.29 is 14.2 Å². The van der Waals surface area contributed by atoms with Crippen LogP contribution in [0.3, 0.4) is 0 Å². The van der Waals surface area contributed by atoms with Gasteiger partial charge in [0.25, 0.3) is 0 Å². The van der Waals surface area contributed by atoms with E-state index < -0.39 is 0 Å². The number of methoxy groups -OCH3 is 1. The largest absolute Gasteiger partial charge is 0.493 e. The van der Waals surface area contributed by atoms with Crippen molar-refractivity contribution in [2.24, 2.45) is 0 Å². The van der Waals surface area contributed by atoms with Crippen LogP contribution in [0.1, 0.15) is 11.1 Å². The maximum Gasteiger partial charge on any atom is 0.122 e. The zero-order valence-electron chi connectivity index (χ0n) is 11.6. The van der Waals surface area contributed by atoms with Gasteiger partial charge in [-0.2, -0.15) is 0 Å². The summed E-state index contributed by atoms with van der Waals surface area (Å²) in [4.78, 5) is 0. The first kappa shape index (κ1) is 14.3. The van der Waals surface area contributed by atoms with Crippen LogP contribution in [0.15, 0.2) is 18.2 Å². The molecule has 0 radical (unpaired) electrons. The Hall–Kier alpha value is -1.10. The average molecular weight is 265 g/mol. The fourth-order valence-corrected chi connectivity index (χ4v) is 2.14. The van der Waals surface area contributed by atoms with Crippen molar-refractivity contribution in [1.82, 2.24) is 5.32 Å². The van der Waals surface area contributed by atoms with Crippen LogP contribution in [0.2, 0.25) is 0 Å². The monoisotopic (exact) mass is 265 g/mol. The molecule has 19 heavy (non-hydrogen) atoms. The molecule has 106 valence electrons. The maximum absolute atomic E-state index is 5.50. The van der Waals surface area contributed by atoms with Gasteiger partial charge in [0.05, 0.1) is 26.4 Å². The van der Waals surface area contributed by atoms with Crippen molar-refractivity contribution in [2.45, 2.75) is 12.8 Å². The molecule has 0 saturated carbocycles. The molecule has 0 amide bonds. The van der Waals surface area contributed by atoms with Gasteiger partial charge < -0.3 is 19.5 Å². The molecule has 4 nitrogen and oxygen atoms in total. The molecule has 0 atom stereocenters. The van der Waals surface area contributed by atoms with Gasteiger partial charge in [0.2, 0.25) is 0 Å². The van der Waals surface area contributed by atoms with Gasteiger partial charge in [-0.3, -0.25) is 0 Å². The lowest BCUT2D eigenvalue weighted by Gasteiger charge is -2.07. The first-order chi connectivity index (χ1) is 9.40. The lowest BCUT2D eigenvalue weighted by Crippen LogP contribution is -2.22. The predicted molar refractivity (Wildman–Crippen MR) is 74.9 cm³/mol. The maximum atomic E-state index is 5.50. The lowest BCUT2D eigenvalue weighted by molar-refractivity contribution is 0.0721. The summed E-state index contributed by atoms with van der Waals surface area (Å²) in [5, 5.41) is 3.38. The quantitative estimate of drug-likeness (QED) is 0.685. The van der Waals surface area contributed by atoms with E-state index in [1.807, 2.05) is 0 Å². The highest BCUT2D eigenvalue weighted by atomic mass is 16.5. The van der Waals surface area contributed by atoms with Crippen LogP contribution in [-0.4, -0.2) is 46.6 Å². The highest BCUT2D eigenvalue weighted by Crippen LogP contribution is 2.25. The van der Waals surface area contributed by atoms with Gasteiger partial charge in [-0.15, -0.1) is 0 Å². The second-order valence-electron chi connectivity index (χ2n) is 4.65. The summed E-state index contributed by atoms with van der Waals surface area (Å²) in [6.45, 7) is 4.77. The van der Waals surface area contributed by atoms with Gasteiger partial charge in [-0.05, 0) is 30.2 Å². The smallest absolute Gasteiger partial charge is 0.122 e. The SMILES string of the molecule is COCCOCCNCCc1ccc2c(c1)CCO2. The third kappa shape index (κ3) is 4.82. The van der Waals surface area contributed by atoms with E-state index in [2.05, 4.69) is 23.5 Å². The van der Waals surface area contributed by atoms with Crippen molar-refractivity contribution in [3.8, 4) is 5.75 Å². The van der Waals surface area contributed by atoms with E-state index in [9.17, 15) is 0 Å². The zero-order valence-corrected chi connectivity index (χ0v) is 11.6. The van der Waals surface area contributed by atoms with E-state index in [1.54, 1.807) is 7.11 Å². The van der Waals surface area contributed by atoms with Crippen LogP contribution >= 0.6 is 0 Å². The predicted octanol–water partition coefficient (Wildman–Crippen LogP) is 1.42. The van der Waals surface area contributed by atoms with E-state index >= 15 is 0 Å². The Balaban J connectivity index is 1.56. The molecule has 0 saturated heterocycles. The van der Waals surface area contributed by atoms with Crippen LogP contribution in [0, 0.1) is 0 Å². The molecule has 1 aromatic rings. The normalized spacial score (nSPS) is 13.3. The third-order valence-corrected chi connectivity index (χ3v) is 3.20. The fraction of sp³-hybridized carbons (Fsp3) is 0.600. The molecule has 0 bridgehead atoms. The minimum atomic E-state index is 0.664. The second kappa shape index (κ2) is 8.15. The number of hydrogen-bond acceptors (Lipinski definition) is 4. The molecule has 0 spiro atoms. The Morgan fingerprint density at radius 3 is 3.05 bits per heavy atom. The molecule has 1 N–H and O–H groups in total. The number of fused-ring (bicyclic) bond motifs is 1. The highest BCUT2D eigenvalue weighted by molar-refractivity contribution is 5.39. The average Bonchev–Trinajstić information content (AvgIpc) is 2.89. The van der Waals surface area contributed by atoms with E-state index in [4.69, 9.17) is 14.2 Å². The second-order valence-corrected chi connectivity index (χ2v) is 4.65. The molecule has 0 aromatic heterocycles. The number of nitrogens with one attached hydrogen (secondary N) is 1. The summed E-state index contributed by atoms with van der Waals surface area (Å²) in [6.07, 6.45) is 2.09. The number of ether oxygens (including phenoxy) is 3. The van der Waals surface area contributed by atoms with Crippen molar-refractivity contribution in [3.05, 3.63) is 29.3 Å². The molecule has 0 aliphatic carbocycles. The van der Waals surface area contributed by atoms with Crippen LogP contribution in [0.5, 0.6) is 5.75 Å². The van der Waals surface area contributed by atoms with Crippen LogP contribution < -0.4 is 10.1 Å². The minimum absolute atomic E-state index is 0.664. The summed E-state index contributed by atoms with van der Waals surface area (Å²) in [6, 6.07) is 6.51. The molecule has 4 heteroatoms. The van der Waals surface area contributed by atoms with Crippen LogP contribution in [-0.2, 0) is 22.3 Å². The fourth-order valence-electron chi connectivity index (χ4n) is 2.14. The van der Waals surface area contributed by atoms with Crippen molar-refractivity contribution in [1.29, 1.82) is 0 Å². The number of hydrogen-bond donors (Lipinski definition) is 1. The lowest BCUT2D eigenvalue weighted by atomic mass is 10.1. The van der Waals surface area contributed by atoms with E-state index in [0.29, 0.717) is 13.2 Å². The summed E-state index contributed by atoms with van der Waals surface area (Å²) < 4.78 is 15.8. The summed E-state index contributed by atoms with van der Waals surface area (Å²) in [5.74, 6) is 1.06. The van der Waals surface area contributed by atoms with Gasteiger partial charge in [-0.1, -0.05) is 12.1 Å². The Kier molecular flexibility index (Phi) is 6.14. The van der Waals surface area contributed by atoms with E-state index in [0.717, 1.165) is 44.9 Å². The molecular formula is C15H23NO3. The summed E-state index contributed by atoms with van der Waals surface area (Å²) in [5.41, 5.74) is 2.72. The Labute approximate surface area is 115 Å². The zero-order chi connectivity index (χ0) is 13.3. The van der Waals surface area contributed by atoms with Crippen molar-refractivity contribution >= 4 is 0 Å². The molecule has 1 aliphatic rings. The summed E-state index contributed by atoms with van der Waals surface area (Å²) >= 11 is 0. The van der Waals surface area contributed by atoms with Gasteiger partial charge in [0, 0.05) is 20.1 Å². The Bertz CT molecular complexity index is 382. The molecule has 0 fully saturated rings. The third-order valence-electron chi connectivity index (χ3n) is 3.20. The van der Waals surface area contributed by atoms with Gasteiger partial charge in [0.1, 0.15) is 5.75 Å². The molecule has 2 rings (SSSR count). The molecule has 1 aromatic carbocycles. The van der Waals surface area contributed by atoms with E-state index in [1.165, 1.54) is 11.1 Å². The van der Waals surface area contributed by atoms with Gasteiger partial charge in [0.15, 0.2) is 0 Å². The van der Waals surface area contributed by atoms with Crippen molar-refractivity contribution in [2.75, 3.05) is 46.6 Å². The standard InChI is InChI=1S/C15H23NO3/c1-17-10-11-18-9-7-16-6-4-13-2-3-15-14(12-13)5-8-19-15/h2-3,12,16H,4-11H2,1H3. The molecular weight excluding hydrogens is 242 g/mol. The highest BCUT2D eigenvalue weighted by Gasteiger charge is 2.11. The first-order valence-electron chi connectivity index (χ1n) is 6.92. The molecule has 1 heterocycles. The summed E-state index contributed by atoms with van der Waals surface area (Å²) in [7, 11) is 1.68. The van der Waals surface area contributed by atoms with Crippen LogP contribution in [0.4, 0.5) is 0 Å². The van der Waals surface area contributed by atoms with Crippen LogP contribution in [0.25, 0.3) is 0 Å². The Morgan fingerprint density at radius 1 is 1.21 bits per heavy atom. The molecule has 1 aliphatic heterocycles. The van der Waals surface area contributed by atoms with Gasteiger partial charge >= 0.3 is 0 Å². The minimum Gasteiger partial charge on any atom is -0.493 e. The first-order valence-corrected chi connectivity index (χ1v) is 6.92. The van der Waals surface area contributed by atoms with E-state index in [-0.39, 0.29) is 0 Å². The van der Waals surface area contributed by atoms with Crippen molar-refractivity contribution in [3.63, 3.8) is 0 Å². The number of benzene rings is 1. The topological polar surface area (TPSA) is 39.7 Å². The number of rotatable bonds is 9. The Morgan fingerprint density at radius 2 is 2.16 bits per heavy atom. The molecule has 0 unspecified atom stereocenters. The van der Waals surface area contributed by atoms with Gasteiger partial charge in [-0.25, -0.2) is 0 Å².